The van der Waals surface area contributed by atoms with E-state index in [4.69, 9.17) is 0 Å². The van der Waals surface area contributed by atoms with Crippen LogP contribution in [0.4, 0.5) is 10.2 Å². The Morgan fingerprint density at radius 2 is 1.76 bits per heavy atom. The van der Waals surface area contributed by atoms with Crippen molar-refractivity contribution in [1.82, 2.24) is 14.7 Å². The van der Waals surface area contributed by atoms with Crippen molar-refractivity contribution in [3.8, 4) is 16.9 Å². The molecule has 3 rings (SSSR count). The number of hydrogen-bond donors (Lipinski definition) is 1. The number of hydrogen-bond acceptors (Lipinski definition) is 3. The summed E-state index contributed by atoms with van der Waals surface area (Å²) in [6.45, 7) is 11.2. The molecule has 2 aromatic carbocycles. The van der Waals surface area contributed by atoms with Crippen LogP contribution in [0.2, 0.25) is 0 Å². The smallest absolute Gasteiger partial charge is 0.245 e. The topological polar surface area (TPSA) is 67.2 Å². The Balaban J connectivity index is 1.80. The van der Waals surface area contributed by atoms with Gasteiger partial charge >= 0.3 is 0 Å². The quantitative estimate of drug-likeness (QED) is 0.314. The molecule has 0 aliphatic carbocycles. The van der Waals surface area contributed by atoms with E-state index in [1.54, 1.807) is 27.8 Å². The van der Waals surface area contributed by atoms with Crippen LogP contribution < -0.4 is 5.32 Å². The maximum Gasteiger partial charge on any atom is 0.245 e. The molecule has 6 nitrogen and oxygen atoms in total. The van der Waals surface area contributed by atoms with Crippen molar-refractivity contribution in [3.63, 3.8) is 0 Å². The van der Waals surface area contributed by atoms with Crippen LogP contribution in [0.3, 0.4) is 0 Å². The molecular formula is C30H39FN4O2. The highest BCUT2D eigenvalue weighted by Gasteiger charge is 2.23. The first-order valence-corrected chi connectivity index (χ1v) is 13.0. The summed E-state index contributed by atoms with van der Waals surface area (Å²) in [5, 5.41) is 7.61. The van der Waals surface area contributed by atoms with Crippen molar-refractivity contribution in [2.24, 2.45) is 11.3 Å². The van der Waals surface area contributed by atoms with Gasteiger partial charge in [-0.15, -0.1) is 0 Å². The molecule has 0 saturated carbocycles. The molecule has 0 fully saturated rings. The first-order chi connectivity index (χ1) is 17.6. The van der Waals surface area contributed by atoms with Crippen LogP contribution in [0.5, 0.6) is 0 Å². The summed E-state index contributed by atoms with van der Waals surface area (Å²) in [6, 6.07) is 17.4. The fourth-order valence-corrected chi connectivity index (χ4v) is 4.54. The third kappa shape index (κ3) is 8.55. The molecule has 0 spiro atoms. The van der Waals surface area contributed by atoms with E-state index < -0.39 is 0 Å². The monoisotopic (exact) mass is 506 g/mol. The fraction of sp³-hybridized carbons (Fsp3) is 0.433. The highest BCUT2D eigenvalue weighted by molar-refractivity contribution is 5.94. The number of halogens is 1. The van der Waals surface area contributed by atoms with Crippen LogP contribution >= 0.6 is 0 Å². The number of rotatable bonds is 11. The highest BCUT2D eigenvalue weighted by atomic mass is 19.1. The van der Waals surface area contributed by atoms with Gasteiger partial charge in [-0.05, 0) is 48.4 Å². The average molecular weight is 507 g/mol. The number of carbonyl (C=O) groups is 2. The molecule has 3 aromatic rings. The lowest BCUT2D eigenvalue weighted by Gasteiger charge is -2.26. The Bertz CT molecular complexity index is 1170. The molecule has 0 aliphatic rings. The van der Waals surface area contributed by atoms with Crippen molar-refractivity contribution >= 4 is 17.6 Å². The van der Waals surface area contributed by atoms with E-state index in [2.05, 4.69) is 45.0 Å². The molecule has 198 valence electrons. The van der Waals surface area contributed by atoms with Crippen molar-refractivity contribution in [2.75, 3.05) is 18.4 Å². The molecule has 0 unspecified atom stereocenters. The van der Waals surface area contributed by atoms with Crippen LogP contribution in [0.25, 0.3) is 16.9 Å². The van der Waals surface area contributed by atoms with Crippen molar-refractivity contribution in [2.45, 2.75) is 60.3 Å². The van der Waals surface area contributed by atoms with Gasteiger partial charge in [0, 0.05) is 24.6 Å². The lowest BCUT2D eigenvalue weighted by molar-refractivity contribution is -0.135. The molecule has 0 bridgehead atoms. The van der Waals surface area contributed by atoms with E-state index in [0.717, 1.165) is 24.8 Å². The number of amides is 2. The van der Waals surface area contributed by atoms with Crippen molar-refractivity contribution < 1.29 is 14.0 Å². The first-order valence-electron chi connectivity index (χ1n) is 13.0. The molecule has 2 amide bonds. The van der Waals surface area contributed by atoms with Gasteiger partial charge in [0.25, 0.3) is 0 Å². The minimum absolute atomic E-state index is 0.00244. The zero-order valence-electron chi connectivity index (χ0n) is 22.6. The van der Waals surface area contributed by atoms with Crippen LogP contribution in [-0.2, 0) is 9.59 Å². The third-order valence-electron chi connectivity index (χ3n) is 6.07. The predicted octanol–water partition coefficient (Wildman–Crippen LogP) is 6.71. The van der Waals surface area contributed by atoms with Gasteiger partial charge in [-0.25, -0.2) is 9.07 Å². The molecule has 0 saturated heterocycles. The first kappa shape index (κ1) is 28.1. The van der Waals surface area contributed by atoms with E-state index >= 15 is 0 Å². The maximum atomic E-state index is 13.5. The van der Waals surface area contributed by atoms with Gasteiger partial charge in [-0.2, -0.15) is 5.10 Å². The summed E-state index contributed by atoms with van der Waals surface area (Å²) in [5.74, 6) is 0.0381. The summed E-state index contributed by atoms with van der Waals surface area (Å²) in [5.41, 5.74) is 2.33. The van der Waals surface area contributed by atoms with Crippen LogP contribution in [0.1, 0.15) is 60.3 Å². The van der Waals surface area contributed by atoms with Crippen LogP contribution in [0, 0.1) is 17.2 Å². The summed E-state index contributed by atoms with van der Waals surface area (Å²) >= 11 is 0. The fourth-order valence-electron chi connectivity index (χ4n) is 4.54. The third-order valence-corrected chi connectivity index (χ3v) is 6.07. The van der Waals surface area contributed by atoms with E-state index in [9.17, 15) is 14.0 Å². The van der Waals surface area contributed by atoms with Crippen molar-refractivity contribution in [1.29, 1.82) is 0 Å². The number of nitrogens with zero attached hydrogens (tertiary/aromatic N) is 3. The van der Waals surface area contributed by atoms with E-state index in [1.807, 2.05) is 30.3 Å². The van der Waals surface area contributed by atoms with Gasteiger partial charge in [0.15, 0.2) is 0 Å². The van der Waals surface area contributed by atoms with Crippen LogP contribution in [0.15, 0.2) is 60.7 Å². The Labute approximate surface area is 219 Å². The minimum atomic E-state index is -0.351. The second-order valence-corrected chi connectivity index (χ2v) is 11.0. The van der Waals surface area contributed by atoms with Gasteiger partial charge < -0.3 is 10.2 Å². The van der Waals surface area contributed by atoms with Gasteiger partial charge in [0.2, 0.25) is 11.8 Å². The number of carbonyl (C=O) groups excluding carboxylic acids is 2. The zero-order valence-corrected chi connectivity index (χ0v) is 22.6. The number of aromatic nitrogens is 2. The molecule has 1 atom stereocenters. The van der Waals surface area contributed by atoms with E-state index in [1.165, 1.54) is 12.1 Å². The molecule has 0 aliphatic heterocycles. The molecule has 1 heterocycles. The normalized spacial score (nSPS) is 12.3. The minimum Gasteiger partial charge on any atom is -0.333 e. The maximum absolute atomic E-state index is 13.5. The summed E-state index contributed by atoms with van der Waals surface area (Å²) in [6.07, 6.45) is 3.12. The molecular weight excluding hydrogens is 467 g/mol. The standard InChI is InChI=1S/C30H39FN4O2/c1-6-7-17-34(29(37)18-22(2)20-30(3,4)5)21-28(36)32-27-19-26(23-11-9-8-10-12-23)33-35(27)25-15-13-24(31)14-16-25/h8-16,19,22H,6-7,17-18,20-21H2,1-5H3,(H,32,36)/t22-/m1/s1. The summed E-state index contributed by atoms with van der Waals surface area (Å²) in [4.78, 5) is 28.0. The number of unbranched alkanes of at least 4 members (excludes halogenated alkanes) is 1. The summed E-state index contributed by atoms with van der Waals surface area (Å²) in [7, 11) is 0. The Morgan fingerprint density at radius 1 is 1.08 bits per heavy atom. The second kappa shape index (κ2) is 12.7. The largest absolute Gasteiger partial charge is 0.333 e. The Hall–Kier alpha value is -3.48. The molecule has 0 radical (unpaired) electrons. The highest BCUT2D eigenvalue weighted by Crippen LogP contribution is 2.27. The second-order valence-electron chi connectivity index (χ2n) is 11.0. The number of anilines is 1. The Kier molecular flexibility index (Phi) is 9.61. The van der Waals surface area contributed by atoms with Gasteiger partial charge in [-0.1, -0.05) is 71.4 Å². The van der Waals surface area contributed by atoms with Gasteiger partial charge in [0.1, 0.15) is 11.6 Å². The number of nitrogens with one attached hydrogen (secondary N) is 1. The zero-order chi connectivity index (χ0) is 27.0. The van der Waals surface area contributed by atoms with E-state index in [0.29, 0.717) is 30.2 Å². The van der Waals surface area contributed by atoms with E-state index in [-0.39, 0.29) is 35.5 Å². The molecule has 1 N–H and O–H groups in total. The lowest BCUT2D eigenvalue weighted by atomic mass is 9.84. The predicted molar refractivity (Wildman–Crippen MR) is 147 cm³/mol. The van der Waals surface area contributed by atoms with Crippen molar-refractivity contribution in [3.05, 3.63) is 66.5 Å². The van der Waals surface area contributed by atoms with Gasteiger partial charge in [-0.3, -0.25) is 9.59 Å². The average Bonchev–Trinajstić information content (AvgIpc) is 3.25. The molecule has 37 heavy (non-hydrogen) atoms. The summed E-state index contributed by atoms with van der Waals surface area (Å²) < 4.78 is 15.1. The number of benzene rings is 2. The SMILES string of the molecule is CCCCN(CC(=O)Nc1cc(-c2ccccc2)nn1-c1ccc(F)cc1)C(=O)C[C@@H](C)CC(C)(C)C. The van der Waals surface area contributed by atoms with Crippen LogP contribution in [-0.4, -0.2) is 39.6 Å². The Morgan fingerprint density at radius 3 is 2.38 bits per heavy atom. The van der Waals surface area contributed by atoms with Gasteiger partial charge in [0.05, 0.1) is 17.9 Å². The lowest BCUT2D eigenvalue weighted by Crippen LogP contribution is -2.39. The molecule has 1 aromatic heterocycles. The molecule has 7 heteroatoms.